The van der Waals surface area contributed by atoms with E-state index in [-0.39, 0.29) is 11.7 Å². The van der Waals surface area contributed by atoms with E-state index >= 15 is 0 Å². The second-order valence-corrected chi connectivity index (χ2v) is 7.54. The molecule has 31 heavy (non-hydrogen) atoms. The van der Waals surface area contributed by atoms with Crippen LogP contribution in [0.1, 0.15) is 38.3 Å². The third-order valence-corrected chi connectivity index (χ3v) is 5.70. The lowest BCUT2D eigenvalue weighted by atomic mass is 9.78. The van der Waals surface area contributed by atoms with E-state index in [4.69, 9.17) is 11.6 Å². The fraction of sp³-hybridized carbons (Fsp3) is 0.292. The van der Waals surface area contributed by atoms with Crippen molar-refractivity contribution in [3.8, 4) is 23.0 Å². The van der Waals surface area contributed by atoms with Crippen molar-refractivity contribution in [3.05, 3.63) is 78.7 Å². The van der Waals surface area contributed by atoms with Crippen LogP contribution in [0.15, 0.2) is 67.0 Å². The molecule has 3 aromatic rings. The minimum absolute atomic E-state index is 0.0532. The van der Waals surface area contributed by atoms with E-state index in [2.05, 4.69) is 32.4 Å². The predicted octanol–water partition coefficient (Wildman–Crippen LogP) is 4.50. The maximum Gasteiger partial charge on any atom is 0.187 e. The zero-order valence-corrected chi connectivity index (χ0v) is 16.6. The van der Waals surface area contributed by atoms with Gasteiger partial charge in [-0.15, -0.1) is 10.2 Å². The molecule has 5 rings (SSSR count). The van der Waals surface area contributed by atoms with Gasteiger partial charge >= 0.3 is 0 Å². The van der Waals surface area contributed by atoms with Crippen molar-refractivity contribution in [1.29, 1.82) is 0 Å². The van der Waals surface area contributed by atoms with Crippen LogP contribution in [0.3, 0.4) is 0 Å². The summed E-state index contributed by atoms with van der Waals surface area (Å²) < 4.78 is 58.8. The van der Waals surface area contributed by atoms with Crippen LogP contribution in [0.5, 0.6) is 5.75 Å². The highest BCUT2D eigenvalue weighted by atomic mass is 19.1. The molecule has 0 amide bonds. The molecule has 0 unspecified atom stereocenters. The molecule has 3 heterocycles. The highest BCUT2D eigenvalue weighted by Crippen LogP contribution is 2.41. The quantitative estimate of drug-likeness (QED) is 0.586. The Labute approximate surface area is 187 Å². The first-order chi connectivity index (χ1) is 17.1. The standard InChI is InChI=1S/C24H24FN5O/c1-2-31-19-10-11-21(26-16-19)24-28-27-23(30(24)22-9-5-4-8-20(22)25)17-14-18(15-17)29-12-6-3-7-13-29/h3-12,16-18H,2,13-15H2,1H3/i1D3,2D2. The molecular formula is C24H24FN5O. The smallest absolute Gasteiger partial charge is 0.187 e. The molecule has 0 atom stereocenters. The molecule has 1 aliphatic heterocycles. The van der Waals surface area contributed by atoms with Crippen LogP contribution in [-0.4, -0.2) is 43.8 Å². The summed E-state index contributed by atoms with van der Waals surface area (Å²) in [5.74, 6) is 0.575. The summed E-state index contributed by atoms with van der Waals surface area (Å²) in [6.07, 6.45) is 11.2. The third kappa shape index (κ3) is 3.71. The molecular weight excluding hydrogens is 393 g/mol. The summed E-state index contributed by atoms with van der Waals surface area (Å²) in [6.45, 7) is -4.99. The molecule has 1 aliphatic carbocycles. The van der Waals surface area contributed by atoms with E-state index in [0.29, 0.717) is 29.1 Å². The average molecular weight is 423 g/mol. The summed E-state index contributed by atoms with van der Waals surface area (Å²) in [7, 11) is 0. The van der Waals surface area contributed by atoms with E-state index in [1.807, 2.05) is 12.2 Å². The summed E-state index contributed by atoms with van der Waals surface area (Å²) >= 11 is 0. The Morgan fingerprint density at radius 2 is 2.10 bits per heavy atom. The second-order valence-electron chi connectivity index (χ2n) is 7.54. The first-order valence-electron chi connectivity index (χ1n) is 12.6. The van der Waals surface area contributed by atoms with Gasteiger partial charge in [0.25, 0.3) is 0 Å². The van der Waals surface area contributed by atoms with Crippen LogP contribution < -0.4 is 4.74 Å². The van der Waals surface area contributed by atoms with Crippen molar-refractivity contribution in [1.82, 2.24) is 24.6 Å². The molecule has 0 N–H and O–H groups in total. The van der Waals surface area contributed by atoms with Crippen LogP contribution in [0.25, 0.3) is 17.2 Å². The molecule has 1 aromatic carbocycles. The van der Waals surface area contributed by atoms with E-state index in [0.717, 1.165) is 19.4 Å². The summed E-state index contributed by atoms with van der Waals surface area (Å²) in [5.41, 5.74) is 0.663. The van der Waals surface area contributed by atoms with Gasteiger partial charge in [0.05, 0.1) is 21.2 Å². The second kappa shape index (κ2) is 8.34. The molecule has 1 saturated carbocycles. The van der Waals surface area contributed by atoms with Crippen LogP contribution in [0, 0.1) is 5.82 Å². The third-order valence-electron chi connectivity index (χ3n) is 5.70. The zero-order chi connectivity index (χ0) is 25.5. The van der Waals surface area contributed by atoms with Gasteiger partial charge in [-0.3, -0.25) is 4.57 Å². The van der Waals surface area contributed by atoms with Crippen molar-refractivity contribution in [2.45, 2.75) is 31.7 Å². The molecule has 0 bridgehead atoms. The van der Waals surface area contributed by atoms with Crippen LogP contribution in [-0.2, 0) is 0 Å². The molecule has 7 heteroatoms. The highest BCUT2D eigenvalue weighted by molar-refractivity contribution is 5.55. The van der Waals surface area contributed by atoms with Gasteiger partial charge in [-0.25, -0.2) is 9.37 Å². The molecule has 0 spiro atoms. The van der Waals surface area contributed by atoms with Gasteiger partial charge < -0.3 is 9.64 Å². The number of nitrogens with zero attached hydrogens (tertiary/aromatic N) is 5. The Kier molecular flexibility index (Phi) is 3.90. The number of rotatable bonds is 6. The van der Waals surface area contributed by atoms with Gasteiger partial charge in [-0.05, 0) is 56.2 Å². The largest absolute Gasteiger partial charge is 0.492 e. The van der Waals surface area contributed by atoms with Crippen molar-refractivity contribution >= 4 is 0 Å². The van der Waals surface area contributed by atoms with Crippen LogP contribution in [0.4, 0.5) is 4.39 Å². The fourth-order valence-electron chi connectivity index (χ4n) is 4.05. The zero-order valence-electron chi connectivity index (χ0n) is 21.6. The number of allylic oxidation sites excluding steroid dienone is 2. The van der Waals surface area contributed by atoms with Gasteiger partial charge in [0.2, 0.25) is 0 Å². The predicted molar refractivity (Wildman–Crippen MR) is 116 cm³/mol. The van der Waals surface area contributed by atoms with Gasteiger partial charge in [0, 0.05) is 22.6 Å². The highest BCUT2D eigenvalue weighted by Gasteiger charge is 2.37. The summed E-state index contributed by atoms with van der Waals surface area (Å²) in [4.78, 5) is 6.57. The Morgan fingerprint density at radius 1 is 1.19 bits per heavy atom. The molecule has 6 nitrogen and oxygen atoms in total. The van der Waals surface area contributed by atoms with Crippen LogP contribution >= 0.6 is 0 Å². The van der Waals surface area contributed by atoms with Gasteiger partial charge in [0.15, 0.2) is 5.82 Å². The minimum Gasteiger partial charge on any atom is -0.492 e. The molecule has 2 aromatic heterocycles. The van der Waals surface area contributed by atoms with Gasteiger partial charge in [0.1, 0.15) is 23.1 Å². The number of aromatic nitrogens is 4. The number of pyridine rings is 1. The monoisotopic (exact) mass is 422 g/mol. The summed E-state index contributed by atoms with van der Waals surface area (Å²) in [5, 5.41) is 8.74. The Morgan fingerprint density at radius 3 is 2.84 bits per heavy atom. The van der Waals surface area contributed by atoms with Crippen molar-refractivity contribution < 1.29 is 16.0 Å². The van der Waals surface area contributed by atoms with Crippen molar-refractivity contribution in [3.63, 3.8) is 0 Å². The molecule has 0 radical (unpaired) electrons. The van der Waals surface area contributed by atoms with Crippen molar-refractivity contribution in [2.24, 2.45) is 0 Å². The average Bonchev–Trinajstić information content (AvgIpc) is 3.23. The number of para-hydroxylation sites is 1. The van der Waals surface area contributed by atoms with E-state index in [1.54, 1.807) is 22.8 Å². The maximum atomic E-state index is 14.9. The maximum absolute atomic E-state index is 14.9. The number of hydrogen-bond donors (Lipinski definition) is 0. The lowest BCUT2D eigenvalue weighted by Crippen LogP contribution is -2.42. The van der Waals surface area contributed by atoms with Gasteiger partial charge in [-0.2, -0.15) is 0 Å². The first kappa shape index (κ1) is 14.5. The lowest BCUT2D eigenvalue weighted by Gasteiger charge is -2.42. The Hall–Kier alpha value is -3.48. The number of benzene rings is 1. The SMILES string of the molecule is [2H]C([2H])([2H])C([2H])([2H])Oc1ccc(-c2nnc(C3CC(N4C=CC=CC4)C3)n2-c2ccccc2F)nc1. The Bertz CT molecular complexity index is 1300. The van der Waals surface area contributed by atoms with Crippen molar-refractivity contribution in [2.75, 3.05) is 13.1 Å². The van der Waals surface area contributed by atoms with E-state index in [1.165, 1.54) is 24.4 Å². The first-order valence-corrected chi connectivity index (χ1v) is 10.1. The fourth-order valence-corrected chi connectivity index (χ4v) is 4.05. The number of ether oxygens (including phenoxy) is 1. The van der Waals surface area contributed by atoms with Crippen LogP contribution in [0.2, 0.25) is 0 Å². The topological polar surface area (TPSA) is 56.1 Å². The lowest BCUT2D eigenvalue weighted by molar-refractivity contribution is 0.165. The minimum atomic E-state index is -2.97. The molecule has 1 fully saturated rings. The molecule has 158 valence electrons. The Balaban J connectivity index is 1.45. The molecule has 0 saturated heterocycles. The van der Waals surface area contributed by atoms with Gasteiger partial charge in [-0.1, -0.05) is 24.3 Å². The number of hydrogen-bond acceptors (Lipinski definition) is 5. The van der Waals surface area contributed by atoms with E-state index in [9.17, 15) is 4.39 Å². The van der Waals surface area contributed by atoms with E-state index < -0.39 is 19.2 Å². The number of halogens is 1. The summed E-state index contributed by atoms with van der Waals surface area (Å²) in [6, 6.07) is 9.67. The molecule has 2 aliphatic rings. The normalized spacial score (nSPS) is 23.3.